The zero-order valence-corrected chi connectivity index (χ0v) is 16.3. The Balaban J connectivity index is 0.00000312. The van der Waals surface area contributed by atoms with E-state index in [0.717, 1.165) is 25.5 Å². The van der Waals surface area contributed by atoms with Crippen LogP contribution in [-0.2, 0) is 9.53 Å². The first-order valence-corrected chi connectivity index (χ1v) is 8.33. The summed E-state index contributed by atoms with van der Waals surface area (Å²) in [4.78, 5) is 11.6. The predicted molar refractivity (Wildman–Crippen MR) is 102 cm³/mol. The van der Waals surface area contributed by atoms with Crippen molar-refractivity contribution in [3.05, 3.63) is 23.8 Å². The average Bonchev–Trinajstić information content (AvgIpc) is 2.59. The van der Waals surface area contributed by atoms with E-state index in [-0.39, 0.29) is 37.2 Å². The first-order valence-electron chi connectivity index (χ1n) is 8.33. The summed E-state index contributed by atoms with van der Waals surface area (Å²) in [5, 5.41) is 5.57. The molecule has 1 atom stereocenters. The van der Waals surface area contributed by atoms with E-state index in [1.807, 2.05) is 0 Å². The minimum atomic E-state index is -0.906. The van der Waals surface area contributed by atoms with E-state index in [4.69, 9.17) is 9.47 Å². The number of anilines is 1. The Morgan fingerprint density at radius 2 is 2.08 bits per heavy atom. The van der Waals surface area contributed by atoms with Crippen LogP contribution in [0.2, 0.25) is 0 Å². The highest BCUT2D eigenvalue weighted by Crippen LogP contribution is 2.28. The van der Waals surface area contributed by atoms with Crippen molar-refractivity contribution in [2.75, 3.05) is 31.7 Å². The zero-order chi connectivity index (χ0) is 17.4. The lowest BCUT2D eigenvalue weighted by atomic mass is 10.0. The van der Waals surface area contributed by atoms with Crippen molar-refractivity contribution >= 4 is 36.4 Å². The van der Waals surface area contributed by atoms with Gasteiger partial charge in [0.05, 0.1) is 6.61 Å². The highest BCUT2D eigenvalue weighted by atomic mass is 35.5. The van der Waals surface area contributed by atoms with Crippen LogP contribution in [0.5, 0.6) is 5.75 Å². The van der Waals surface area contributed by atoms with Crippen molar-refractivity contribution < 1.29 is 23.0 Å². The Bertz CT molecular complexity index is 559. The standard InChI is InChI=1S/C17H24F2N2O3.2ClH/c1-2-23-11-15(22)21-17-13(18)6-7-14(16(17)19)24-10-8-12-5-3-4-9-20-12;;/h6-7,12,20H,2-5,8-11H2,1H3,(H,21,22);2*1H. The fourth-order valence-corrected chi connectivity index (χ4v) is 2.61. The number of halogens is 4. The molecule has 1 heterocycles. The van der Waals surface area contributed by atoms with Crippen LogP contribution in [0.3, 0.4) is 0 Å². The quantitative estimate of drug-likeness (QED) is 0.680. The van der Waals surface area contributed by atoms with Gasteiger partial charge in [-0.05, 0) is 44.9 Å². The molecule has 1 aliphatic heterocycles. The van der Waals surface area contributed by atoms with E-state index in [9.17, 15) is 13.6 Å². The van der Waals surface area contributed by atoms with Gasteiger partial charge in [-0.1, -0.05) is 6.42 Å². The third-order valence-electron chi connectivity index (χ3n) is 3.89. The summed E-state index contributed by atoms with van der Waals surface area (Å²) in [7, 11) is 0. The lowest BCUT2D eigenvalue weighted by Crippen LogP contribution is -2.35. The summed E-state index contributed by atoms with van der Waals surface area (Å²) >= 11 is 0. The number of hydrogen-bond donors (Lipinski definition) is 2. The second kappa shape index (κ2) is 13.1. The van der Waals surface area contributed by atoms with E-state index in [0.29, 0.717) is 19.3 Å². The van der Waals surface area contributed by atoms with Crippen LogP contribution in [0.25, 0.3) is 0 Å². The van der Waals surface area contributed by atoms with Gasteiger partial charge in [-0.2, -0.15) is 0 Å². The molecule has 2 rings (SSSR count). The van der Waals surface area contributed by atoms with Gasteiger partial charge in [0, 0.05) is 12.6 Å². The van der Waals surface area contributed by atoms with Gasteiger partial charge in [-0.15, -0.1) is 24.8 Å². The third-order valence-corrected chi connectivity index (χ3v) is 3.89. The van der Waals surface area contributed by atoms with Gasteiger partial charge < -0.3 is 20.1 Å². The third kappa shape index (κ3) is 7.61. The number of benzene rings is 1. The Hall–Kier alpha value is -1.15. The molecule has 1 unspecified atom stereocenters. The number of piperidine rings is 1. The molecule has 1 aromatic carbocycles. The van der Waals surface area contributed by atoms with Gasteiger partial charge in [0.1, 0.15) is 18.1 Å². The van der Waals surface area contributed by atoms with Crippen molar-refractivity contribution in [3.8, 4) is 5.75 Å². The van der Waals surface area contributed by atoms with E-state index < -0.39 is 23.2 Å². The predicted octanol–water partition coefficient (Wildman–Crippen LogP) is 3.69. The van der Waals surface area contributed by atoms with Gasteiger partial charge in [0.25, 0.3) is 5.91 Å². The molecule has 1 fully saturated rings. The summed E-state index contributed by atoms with van der Waals surface area (Å²) in [6.45, 7) is 3.13. The molecule has 2 N–H and O–H groups in total. The molecule has 1 saturated heterocycles. The van der Waals surface area contributed by atoms with Crippen molar-refractivity contribution in [3.63, 3.8) is 0 Å². The molecule has 0 aliphatic carbocycles. The van der Waals surface area contributed by atoms with Gasteiger partial charge in [0.2, 0.25) is 0 Å². The highest BCUT2D eigenvalue weighted by Gasteiger charge is 2.18. The highest BCUT2D eigenvalue weighted by molar-refractivity contribution is 5.92. The van der Waals surface area contributed by atoms with Gasteiger partial charge in [-0.3, -0.25) is 4.79 Å². The molecule has 0 spiro atoms. The molecule has 5 nitrogen and oxygen atoms in total. The molecule has 9 heteroatoms. The largest absolute Gasteiger partial charge is 0.490 e. The van der Waals surface area contributed by atoms with E-state index >= 15 is 0 Å². The van der Waals surface area contributed by atoms with E-state index in [1.165, 1.54) is 18.9 Å². The Labute approximate surface area is 165 Å². The molecule has 0 aromatic heterocycles. The molecule has 0 saturated carbocycles. The normalized spacial score (nSPS) is 16.2. The van der Waals surface area contributed by atoms with Crippen molar-refractivity contribution in [2.24, 2.45) is 0 Å². The maximum Gasteiger partial charge on any atom is 0.250 e. The fraction of sp³-hybridized carbons (Fsp3) is 0.588. The summed E-state index contributed by atoms with van der Waals surface area (Å²) in [6, 6.07) is 2.68. The minimum Gasteiger partial charge on any atom is -0.490 e. The SMILES string of the molecule is CCOCC(=O)Nc1c(F)ccc(OCCC2CCCCN2)c1F.Cl.Cl. The maximum absolute atomic E-state index is 14.3. The van der Waals surface area contributed by atoms with Gasteiger partial charge in [-0.25, -0.2) is 8.78 Å². The molecule has 0 bridgehead atoms. The monoisotopic (exact) mass is 414 g/mol. The van der Waals surface area contributed by atoms with Crippen LogP contribution in [0.1, 0.15) is 32.6 Å². The topological polar surface area (TPSA) is 59.6 Å². The van der Waals surface area contributed by atoms with Crippen LogP contribution in [0.15, 0.2) is 12.1 Å². The Kier molecular flexibility index (Phi) is 12.5. The molecule has 1 aliphatic rings. The number of carbonyl (C=O) groups excluding carboxylic acids is 1. The van der Waals surface area contributed by atoms with Crippen LogP contribution >= 0.6 is 24.8 Å². The summed E-state index contributed by atoms with van der Waals surface area (Å²) in [6.07, 6.45) is 4.18. The Morgan fingerprint density at radius 3 is 2.73 bits per heavy atom. The molecule has 0 radical (unpaired) electrons. The number of nitrogens with one attached hydrogen (secondary N) is 2. The van der Waals surface area contributed by atoms with Crippen molar-refractivity contribution in [1.29, 1.82) is 0 Å². The maximum atomic E-state index is 14.3. The lowest BCUT2D eigenvalue weighted by Gasteiger charge is -2.23. The summed E-state index contributed by atoms with van der Waals surface area (Å²) < 4.78 is 38.5. The smallest absolute Gasteiger partial charge is 0.250 e. The summed E-state index contributed by atoms with van der Waals surface area (Å²) in [5.41, 5.74) is -0.506. The van der Waals surface area contributed by atoms with Crippen LogP contribution in [-0.4, -0.2) is 38.3 Å². The molecular formula is C17H26Cl2F2N2O3. The van der Waals surface area contributed by atoms with Crippen molar-refractivity contribution in [1.82, 2.24) is 5.32 Å². The molecular weight excluding hydrogens is 389 g/mol. The lowest BCUT2D eigenvalue weighted by molar-refractivity contribution is -0.120. The number of carbonyl (C=O) groups is 1. The first-order chi connectivity index (χ1) is 11.6. The minimum absolute atomic E-state index is 0. The molecule has 1 amide bonds. The van der Waals surface area contributed by atoms with Gasteiger partial charge in [0.15, 0.2) is 11.6 Å². The van der Waals surface area contributed by atoms with Crippen molar-refractivity contribution in [2.45, 2.75) is 38.6 Å². The zero-order valence-electron chi connectivity index (χ0n) is 14.7. The first kappa shape index (κ1) is 24.8. The number of ether oxygens (including phenoxy) is 2. The second-order valence-corrected chi connectivity index (χ2v) is 5.70. The van der Waals surface area contributed by atoms with E-state index in [2.05, 4.69) is 10.6 Å². The second-order valence-electron chi connectivity index (χ2n) is 5.70. The number of hydrogen-bond acceptors (Lipinski definition) is 4. The molecule has 1 aromatic rings. The van der Waals surface area contributed by atoms with E-state index in [1.54, 1.807) is 6.92 Å². The molecule has 150 valence electrons. The Morgan fingerprint density at radius 1 is 1.31 bits per heavy atom. The fourth-order valence-electron chi connectivity index (χ4n) is 2.61. The average molecular weight is 415 g/mol. The van der Waals surface area contributed by atoms with Crippen LogP contribution in [0, 0.1) is 11.6 Å². The van der Waals surface area contributed by atoms with Gasteiger partial charge >= 0.3 is 0 Å². The summed E-state index contributed by atoms with van der Waals surface area (Å²) in [5.74, 6) is -2.44. The van der Waals surface area contributed by atoms with Crippen LogP contribution in [0.4, 0.5) is 14.5 Å². The molecule has 26 heavy (non-hydrogen) atoms. The number of amides is 1. The van der Waals surface area contributed by atoms with Crippen LogP contribution < -0.4 is 15.4 Å². The number of rotatable bonds is 8.